The van der Waals surface area contributed by atoms with Crippen molar-refractivity contribution in [3.05, 3.63) is 24.3 Å². The zero-order valence-corrected chi connectivity index (χ0v) is 12.2. The van der Waals surface area contributed by atoms with Crippen LogP contribution >= 0.6 is 0 Å². The first-order valence-corrected chi connectivity index (χ1v) is 7.50. The lowest BCUT2D eigenvalue weighted by Gasteiger charge is -2.18. The minimum Gasteiger partial charge on any atom is -0.333 e. The first kappa shape index (κ1) is 15.1. The van der Waals surface area contributed by atoms with Crippen LogP contribution in [0.15, 0.2) is 29.3 Å². The second-order valence-electron chi connectivity index (χ2n) is 4.00. The standard InChI is InChI=1S/C13H17N3O2S/c1-5-10-14-11(2)16(3)13-8-6-12(7-9-13)15-19(4,17)18/h6-9,15H,1-4H3. The summed E-state index contributed by atoms with van der Waals surface area (Å²) in [7, 11) is -1.37. The van der Waals surface area contributed by atoms with Gasteiger partial charge in [-0.15, -0.1) is 0 Å². The molecule has 19 heavy (non-hydrogen) atoms. The number of hydrogen-bond donors (Lipinski definition) is 1. The molecule has 0 bridgehead atoms. The summed E-state index contributed by atoms with van der Waals surface area (Å²) in [5.74, 6) is 3.46. The number of anilines is 2. The summed E-state index contributed by atoms with van der Waals surface area (Å²) >= 11 is 0. The highest BCUT2D eigenvalue weighted by Gasteiger charge is 2.05. The summed E-state index contributed by atoms with van der Waals surface area (Å²) in [6, 6.07) is 9.67. The average Bonchev–Trinajstić information content (AvgIpc) is 2.34. The maximum absolute atomic E-state index is 11.1. The maximum Gasteiger partial charge on any atom is 0.229 e. The third-order valence-corrected chi connectivity index (χ3v) is 2.98. The van der Waals surface area contributed by atoms with Crippen LogP contribution in [0.5, 0.6) is 0 Å². The molecule has 1 aromatic carbocycles. The zero-order valence-electron chi connectivity index (χ0n) is 11.4. The molecule has 0 heterocycles. The Balaban J connectivity index is 2.89. The first-order chi connectivity index (χ1) is 8.83. The van der Waals surface area contributed by atoms with Gasteiger partial charge in [0.05, 0.1) is 6.26 Å². The number of amidine groups is 1. The van der Waals surface area contributed by atoms with Crippen LogP contribution in [0, 0.1) is 12.0 Å². The number of benzene rings is 1. The fourth-order valence-corrected chi connectivity index (χ4v) is 1.93. The fraction of sp³-hybridized carbons (Fsp3) is 0.308. The van der Waals surface area contributed by atoms with Gasteiger partial charge in [0, 0.05) is 24.5 Å². The van der Waals surface area contributed by atoms with Crippen LogP contribution in [0.2, 0.25) is 0 Å². The molecule has 0 aliphatic heterocycles. The van der Waals surface area contributed by atoms with E-state index in [1.807, 2.05) is 31.0 Å². The number of nitrogens with one attached hydrogen (secondary N) is 1. The van der Waals surface area contributed by atoms with Crippen molar-refractivity contribution in [1.29, 1.82) is 0 Å². The van der Waals surface area contributed by atoms with Gasteiger partial charge in [0.2, 0.25) is 10.0 Å². The predicted molar refractivity (Wildman–Crippen MR) is 79.9 cm³/mol. The zero-order chi connectivity index (χ0) is 14.5. The lowest BCUT2D eigenvalue weighted by Crippen LogP contribution is -2.23. The van der Waals surface area contributed by atoms with Gasteiger partial charge in [0.15, 0.2) is 0 Å². The second-order valence-corrected chi connectivity index (χ2v) is 5.75. The molecule has 1 rings (SSSR count). The van der Waals surface area contributed by atoms with Gasteiger partial charge < -0.3 is 4.90 Å². The smallest absolute Gasteiger partial charge is 0.229 e. The van der Waals surface area contributed by atoms with Gasteiger partial charge in [-0.3, -0.25) is 4.72 Å². The number of hydrogen-bond acceptors (Lipinski definition) is 3. The summed E-state index contributed by atoms with van der Waals surface area (Å²) in [6.45, 7) is 3.58. The molecule has 0 saturated heterocycles. The quantitative estimate of drug-likeness (QED) is 0.522. The van der Waals surface area contributed by atoms with Crippen LogP contribution in [0.1, 0.15) is 13.8 Å². The van der Waals surface area contributed by atoms with Crippen LogP contribution in [0.25, 0.3) is 0 Å². The lowest BCUT2D eigenvalue weighted by molar-refractivity contribution is 0.607. The molecule has 1 aromatic rings. The average molecular weight is 279 g/mol. The lowest BCUT2D eigenvalue weighted by atomic mass is 10.2. The van der Waals surface area contributed by atoms with Gasteiger partial charge in [-0.2, -0.15) is 4.99 Å². The van der Waals surface area contributed by atoms with Crippen molar-refractivity contribution in [1.82, 2.24) is 0 Å². The molecule has 0 radical (unpaired) electrons. The van der Waals surface area contributed by atoms with Crippen molar-refractivity contribution < 1.29 is 8.42 Å². The monoisotopic (exact) mass is 279 g/mol. The minimum atomic E-state index is -3.24. The molecule has 0 fully saturated rings. The van der Waals surface area contributed by atoms with Gasteiger partial charge in [0.1, 0.15) is 5.84 Å². The molecule has 0 aliphatic rings. The van der Waals surface area contributed by atoms with Gasteiger partial charge in [-0.05, 0) is 38.1 Å². The molecule has 5 nitrogen and oxygen atoms in total. The topological polar surface area (TPSA) is 61.8 Å². The molecule has 6 heteroatoms. The third-order valence-electron chi connectivity index (χ3n) is 2.37. The van der Waals surface area contributed by atoms with Gasteiger partial charge >= 0.3 is 0 Å². The molecular formula is C13H17N3O2S. The normalized spacial score (nSPS) is 11.5. The summed E-state index contributed by atoms with van der Waals surface area (Å²) in [6.07, 6.45) is 1.12. The van der Waals surface area contributed by atoms with Crippen molar-refractivity contribution in [2.75, 3.05) is 22.9 Å². The van der Waals surface area contributed by atoms with Gasteiger partial charge in [-0.1, -0.05) is 5.92 Å². The van der Waals surface area contributed by atoms with Crippen LogP contribution < -0.4 is 9.62 Å². The predicted octanol–water partition coefficient (Wildman–Crippen LogP) is 1.89. The molecule has 0 unspecified atom stereocenters. The number of aliphatic imine (C=N–C) groups is 1. The fourth-order valence-electron chi connectivity index (χ4n) is 1.37. The van der Waals surface area contributed by atoms with Crippen LogP contribution in [-0.4, -0.2) is 27.6 Å². The highest BCUT2D eigenvalue weighted by Crippen LogP contribution is 2.17. The Morgan fingerprint density at radius 2 is 1.89 bits per heavy atom. The van der Waals surface area contributed by atoms with E-state index in [0.29, 0.717) is 5.69 Å². The molecule has 0 saturated carbocycles. The molecule has 0 spiro atoms. The SMILES string of the molecule is CC#CN=C(C)N(C)c1ccc(NS(C)(=O)=O)cc1. The Morgan fingerprint density at radius 3 is 2.37 bits per heavy atom. The molecule has 1 N–H and O–H groups in total. The Bertz CT molecular complexity index is 622. The molecule has 0 atom stereocenters. The van der Waals surface area contributed by atoms with Gasteiger partial charge in [-0.25, -0.2) is 8.42 Å². The Labute approximate surface area is 114 Å². The van der Waals surface area contributed by atoms with E-state index in [2.05, 4.69) is 21.7 Å². The molecular weight excluding hydrogens is 262 g/mol. The number of sulfonamides is 1. The summed E-state index contributed by atoms with van der Waals surface area (Å²) in [5, 5.41) is 0. The second kappa shape index (κ2) is 6.25. The number of rotatable bonds is 3. The van der Waals surface area contributed by atoms with Crippen molar-refractivity contribution in [3.63, 3.8) is 0 Å². The van der Waals surface area contributed by atoms with Gasteiger partial charge in [0.25, 0.3) is 0 Å². The van der Waals surface area contributed by atoms with Crippen LogP contribution in [0.3, 0.4) is 0 Å². The summed E-state index contributed by atoms with van der Waals surface area (Å²) in [4.78, 5) is 5.94. The molecule has 0 amide bonds. The third kappa shape index (κ3) is 5.02. The molecule has 0 aliphatic carbocycles. The van der Waals surface area contributed by atoms with E-state index >= 15 is 0 Å². The van der Waals surface area contributed by atoms with Crippen LogP contribution in [0.4, 0.5) is 11.4 Å². The highest BCUT2D eigenvalue weighted by atomic mass is 32.2. The van der Waals surface area contributed by atoms with Crippen molar-refractivity contribution in [2.45, 2.75) is 13.8 Å². The van der Waals surface area contributed by atoms with E-state index in [9.17, 15) is 8.42 Å². The van der Waals surface area contributed by atoms with Crippen molar-refractivity contribution in [3.8, 4) is 12.0 Å². The van der Waals surface area contributed by atoms with E-state index in [4.69, 9.17) is 0 Å². The molecule has 102 valence electrons. The first-order valence-electron chi connectivity index (χ1n) is 5.61. The maximum atomic E-state index is 11.1. The largest absolute Gasteiger partial charge is 0.333 e. The highest BCUT2D eigenvalue weighted by molar-refractivity contribution is 7.92. The molecule has 0 aromatic heterocycles. The van der Waals surface area contributed by atoms with Crippen LogP contribution in [-0.2, 0) is 10.0 Å². The van der Waals surface area contributed by atoms with Crippen molar-refractivity contribution in [2.24, 2.45) is 4.99 Å². The summed E-state index contributed by atoms with van der Waals surface area (Å²) < 4.78 is 24.6. The van der Waals surface area contributed by atoms with E-state index in [1.54, 1.807) is 19.1 Å². The van der Waals surface area contributed by atoms with E-state index < -0.39 is 10.0 Å². The van der Waals surface area contributed by atoms with E-state index in [-0.39, 0.29) is 0 Å². The summed E-state index contributed by atoms with van der Waals surface area (Å²) in [5.41, 5.74) is 1.43. The van der Waals surface area contributed by atoms with E-state index in [1.165, 1.54) is 0 Å². The Morgan fingerprint density at radius 1 is 1.32 bits per heavy atom. The Kier molecular flexibility index (Phi) is 4.95. The van der Waals surface area contributed by atoms with E-state index in [0.717, 1.165) is 17.8 Å². The minimum absolute atomic E-state index is 0.530. The van der Waals surface area contributed by atoms with Crippen molar-refractivity contribution >= 4 is 27.2 Å². The Hall–Kier alpha value is -2.00. The number of nitrogens with zero attached hydrogens (tertiary/aromatic N) is 2.